The number of ether oxygens (including phenoxy) is 1. The molecule has 19 heteroatoms. The summed E-state index contributed by atoms with van der Waals surface area (Å²) in [5.74, 6) is -60.3. The Morgan fingerprint density at radius 3 is 1.22 bits per heavy atom. The minimum atomic E-state index is -8.66. The summed E-state index contributed by atoms with van der Waals surface area (Å²) in [6.45, 7) is -0.650. The normalized spacial score (nSPS) is 23.4. The molecule has 0 unspecified atom stereocenters. The Bertz CT molecular complexity index is 682. The highest BCUT2D eigenvalue weighted by Crippen LogP contribution is 2.64. The zero-order chi connectivity index (χ0) is 26.0. The SMILES string of the molecule is O[C@@H]1OCCC[C@@H]1C(F)(F)C(F)(F)C(F)(F)C(F)(F)C(F)(F)C(F)(F)C(F)(F)C(F)(F)F. The number of aliphatic hydroxyl groups excluding tert-OH is 1. The van der Waals surface area contributed by atoms with E-state index in [1.807, 2.05) is 0 Å². The fourth-order valence-electron chi connectivity index (χ4n) is 2.54. The molecule has 1 heterocycles. The largest absolute Gasteiger partial charge is 0.460 e. The highest BCUT2D eigenvalue weighted by Gasteiger charge is 2.95. The van der Waals surface area contributed by atoms with Gasteiger partial charge in [-0.25, -0.2) is 0 Å². The summed E-state index contributed by atoms with van der Waals surface area (Å²) in [6, 6.07) is 0. The van der Waals surface area contributed by atoms with Crippen molar-refractivity contribution in [2.24, 2.45) is 5.92 Å². The Morgan fingerprint density at radius 2 is 0.875 bits per heavy atom. The first-order valence-corrected chi connectivity index (χ1v) is 7.78. The maximum Gasteiger partial charge on any atom is 0.460 e. The first-order chi connectivity index (χ1) is 13.8. The van der Waals surface area contributed by atoms with Crippen LogP contribution < -0.4 is 0 Å². The Kier molecular flexibility index (Phi) is 6.85. The van der Waals surface area contributed by atoms with Crippen molar-refractivity contribution < 1.29 is 84.5 Å². The van der Waals surface area contributed by atoms with Gasteiger partial charge in [-0.1, -0.05) is 0 Å². The van der Waals surface area contributed by atoms with Gasteiger partial charge in [0.2, 0.25) is 0 Å². The second-order valence-corrected chi connectivity index (χ2v) is 6.58. The first kappa shape index (κ1) is 28.8. The molecule has 0 aromatic heterocycles. The highest BCUT2D eigenvalue weighted by atomic mass is 19.4. The van der Waals surface area contributed by atoms with Crippen LogP contribution in [-0.2, 0) is 4.74 Å². The number of halogens is 17. The Hall–Kier alpha value is -1.27. The zero-order valence-corrected chi connectivity index (χ0v) is 14.6. The molecule has 1 fully saturated rings. The minimum absolute atomic E-state index is 0.650. The predicted molar refractivity (Wildman–Crippen MR) is 65.4 cm³/mol. The van der Waals surface area contributed by atoms with Gasteiger partial charge < -0.3 is 9.84 Å². The molecule has 1 aliphatic heterocycles. The lowest BCUT2D eigenvalue weighted by Crippen LogP contribution is -2.75. The molecule has 1 saturated heterocycles. The molecule has 1 aliphatic rings. The third-order valence-corrected chi connectivity index (χ3v) is 4.50. The van der Waals surface area contributed by atoms with Crippen LogP contribution in [0.4, 0.5) is 74.6 Å². The fraction of sp³-hybridized carbons (Fsp3) is 1.00. The molecule has 32 heavy (non-hydrogen) atoms. The highest BCUT2D eigenvalue weighted by molar-refractivity contribution is 5.15. The van der Waals surface area contributed by atoms with E-state index in [0.717, 1.165) is 0 Å². The van der Waals surface area contributed by atoms with Gasteiger partial charge in [0.1, 0.15) is 0 Å². The van der Waals surface area contributed by atoms with Crippen LogP contribution in [0.5, 0.6) is 0 Å². The van der Waals surface area contributed by atoms with Crippen molar-refractivity contribution in [1.82, 2.24) is 0 Å². The van der Waals surface area contributed by atoms with E-state index >= 15 is 0 Å². The van der Waals surface area contributed by atoms with E-state index in [0.29, 0.717) is 0 Å². The number of hydrogen-bond acceptors (Lipinski definition) is 2. The number of rotatable bonds is 7. The van der Waals surface area contributed by atoms with Crippen molar-refractivity contribution in [1.29, 1.82) is 0 Å². The second kappa shape index (κ2) is 7.63. The molecule has 0 aliphatic carbocycles. The minimum Gasteiger partial charge on any atom is -0.367 e. The van der Waals surface area contributed by atoms with Crippen molar-refractivity contribution in [3.05, 3.63) is 0 Å². The molecule has 2 atom stereocenters. The molecule has 0 bridgehead atoms. The summed E-state index contributed by atoms with van der Waals surface area (Å²) in [6.07, 6.45) is -13.0. The van der Waals surface area contributed by atoms with Crippen LogP contribution >= 0.6 is 0 Å². The molecule has 0 radical (unpaired) electrons. The number of alkyl halides is 17. The van der Waals surface area contributed by atoms with Crippen LogP contribution in [0.2, 0.25) is 0 Å². The van der Waals surface area contributed by atoms with Crippen molar-refractivity contribution in [2.45, 2.75) is 66.8 Å². The molecule has 192 valence electrons. The summed E-state index contributed by atoms with van der Waals surface area (Å²) in [7, 11) is 0. The summed E-state index contributed by atoms with van der Waals surface area (Å²) < 4.78 is 228. The molecule has 0 spiro atoms. The van der Waals surface area contributed by atoms with Gasteiger partial charge in [0.05, 0.1) is 5.92 Å². The number of aliphatic hydroxyl groups is 1. The van der Waals surface area contributed by atoms with Gasteiger partial charge in [-0.3, -0.25) is 0 Å². The predicted octanol–water partition coefficient (Wildman–Crippen LogP) is 5.74. The Balaban J connectivity index is 3.61. The number of hydrogen-bond donors (Lipinski definition) is 1. The van der Waals surface area contributed by atoms with Gasteiger partial charge in [0.25, 0.3) is 0 Å². The summed E-state index contributed by atoms with van der Waals surface area (Å²) in [5, 5.41) is 9.06. The third-order valence-electron chi connectivity index (χ3n) is 4.50. The van der Waals surface area contributed by atoms with Crippen molar-refractivity contribution >= 4 is 0 Å². The lowest BCUT2D eigenvalue weighted by molar-refractivity contribution is -0.465. The van der Waals surface area contributed by atoms with E-state index in [1.165, 1.54) is 0 Å². The second-order valence-electron chi connectivity index (χ2n) is 6.58. The lowest BCUT2D eigenvalue weighted by atomic mass is 9.82. The average Bonchev–Trinajstić information content (AvgIpc) is 2.59. The smallest absolute Gasteiger partial charge is 0.367 e. The Labute approximate surface area is 165 Å². The average molecular weight is 520 g/mol. The molecule has 0 amide bonds. The van der Waals surface area contributed by atoms with Gasteiger partial charge in [-0.15, -0.1) is 0 Å². The molecular formula is C13H9F17O2. The monoisotopic (exact) mass is 520 g/mol. The molecular weight excluding hydrogens is 511 g/mol. The van der Waals surface area contributed by atoms with Gasteiger partial charge in [0.15, 0.2) is 6.29 Å². The van der Waals surface area contributed by atoms with Crippen LogP contribution in [0.3, 0.4) is 0 Å². The summed E-state index contributed by atoms with van der Waals surface area (Å²) in [4.78, 5) is 0. The maximum absolute atomic E-state index is 13.9. The molecule has 1 rings (SSSR count). The summed E-state index contributed by atoms with van der Waals surface area (Å²) in [5.41, 5.74) is 0. The summed E-state index contributed by atoms with van der Waals surface area (Å²) >= 11 is 0. The van der Waals surface area contributed by atoms with Gasteiger partial charge in [0, 0.05) is 6.61 Å². The standard InChI is InChI=1S/C13H9F17O2/c14-6(15,4-2-1-3-32-5(4)31)7(16,17)8(18,19)9(20,21)10(22,23)11(24,25)12(26,27)13(28,29)30/h4-5,31H,1-3H2/t4-,5+/m0/s1. The lowest BCUT2D eigenvalue weighted by Gasteiger charge is -2.45. The van der Waals surface area contributed by atoms with E-state index in [1.54, 1.807) is 0 Å². The van der Waals surface area contributed by atoms with E-state index in [2.05, 4.69) is 4.74 Å². The maximum atomic E-state index is 13.9. The quantitative estimate of drug-likeness (QED) is 0.434. The molecule has 0 aromatic rings. The van der Waals surface area contributed by atoms with E-state index in [4.69, 9.17) is 5.11 Å². The van der Waals surface area contributed by atoms with E-state index in [-0.39, 0.29) is 0 Å². The third kappa shape index (κ3) is 3.56. The molecule has 0 saturated carbocycles. The van der Waals surface area contributed by atoms with Crippen molar-refractivity contribution in [2.75, 3.05) is 6.61 Å². The fourth-order valence-corrected chi connectivity index (χ4v) is 2.54. The van der Waals surface area contributed by atoms with Gasteiger partial charge in [-0.2, -0.15) is 74.6 Å². The van der Waals surface area contributed by atoms with Crippen LogP contribution in [-0.4, -0.2) is 65.6 Å². The van der Waals surface area contributed by atoms with Crippen LogP contribution in [0.25, 0.3) is 0 Å². The topological polar surface area (TPSA) is 29.5 Å². The van der Waals surface area contributed by atoms with Crippen molar-refractivity contribution in [3.8, 4) is 0 Å². The zero-order valence-electron chi connectivity index (χ0n) is 14.6. The first-order valence-electron chi connectivity index (χ1n) is 7.78. The molecule has 0 aromatic carbocycles. The van der Waals surface area contributed by atoms with Crippen LogP contribution in [0.15, 0.2) is 0 Å². The molecule has 2 nitrogen and oxygen atoms in total. The van der Waals surface area contributed by atoms with Crippen LogP contribution in [0.1, 0.15) is 12.8 Å². The van der Waals surface area contributed by atoms with E-state index in [9.17, 15) is 74.6 Å². The van der Waals surface area contributed by atoms with Crippen molar-refractivity contribution in [3.63, 3.8) is 0 Å². The Morgan fingerprint density at radius 1 is 0.531 bits per heavy atom. The molecule has 1 N–H and O–H groups in total. The van der Waals surface area contributed by atoms with Crippen LogP contribution in [0, 0.1) is 5.92 Å². The van der Waals surface area contributed by atoms with E-state index < -0.39 is 79.3 Å². The van der Waals surface area contributed by atoms with Gasteiger partial charge in [-0.05, 0) is 12.8 Å². The van der Waals surface area contributed by atoms with Gasteiger partial charge >= 0.3 is 47.6 Å².